The van der Waals surface area contributed by atoms with Crippen LogP contribution in [0.25, 0.3) is 6.08 Å². The first kappa shape index (κ1) is 17.2. The van der Waals surface area contributed by atoms with Crippen LogP contribution in [0.2, 0.25) is 0 Å². The van der Waals surface area contributed by atoms with Crippen LogP contribution in [-0.2, 0) is 4.79 Å². The van der Waals surface area contributed by atoms with E-state index in [9.17, 15) is 9.59 Å². The van der Waals surface area contributed by atoms with Crippen LogP contribution in [0.4, 0.5) is 0 Å². The Hall–Kier alpha value is -2.68. The molecule has 2 aromatic rings. The van der Waals surface area contributed by atoms with Gasteiger partial charge in [-0.15, -0.1) is 0 Å². The van der Waals surface area contributed by atoms with Gasteiger partial charge >= 0.3 is 5.97 Å². The molecule has 0 bridgehead atoms. The summed E-state index contributed by atoms with van der Waals surface area (Å²) in [6, 6.07) is 16.4. The van der Waals surface area contributed by atoms with Crippen molar-refractivity contribution in [2.75, 3.05) is 0 Å². The molecule has 1 aliphatic rings. The first-order valence-electron chi connectivity index (χ1n) is 8.81. The van der Waals surface area contributed by atoms with E-state index in [4.69, 9.17) is 4.74 Å². The van der Waals surface area contributed by atoms with Gasteiger partial charge in [0.05, 0.1) is 5.92 Å². The fraction of sp³-hybridized carbons (Fsp3) is 0.273. The summed E-state index contributed by atoms with van der Waals surface area (Å²) in [5.74, 6) is 0.291. The highest BCUT2D eigenvalue weighted by atomic mass is 16.5. The lowest BCUT2D eigenvalue weighted by Crippen LogP contribution is -2.22. The Kier molecular flexibility index (Phi) is 5.78. The highest BCUT2D eigenvalue weighted by Crippen LogP contribution is 2.25. The van der Waals surface area contributed by atoms with Crippen LogP contribution in [0, 0.1) is 5.92 Å². The molecule has 0 N–H and O–H groups in total. The van der Waals surface area contributed by atoms with Crippen LogP contribution < -0.4 is 4.74 Å². The van der Waals surface area contributed by atoms with E-state index in [1.54, 1.807) is 36.4 Å². The molecule has 3 rings (SSSR count). The minimum Gasteiger partial charge on any atom is -0.426 e. The molecule has 0 radical (unpaired) electrons. The van der Waals surface area contributed by atoms with Gasteiger partial charge < -0.3 is 4.74 Å². The summed E-state index contributed by atoms with van der Waals surface area (Å²) in [6.45, 7) is 0. The first-order chi connectivity index (χ1) is 12.2. The van der Waals surface area contributed by atoms with Crippen LogP contribution in [-0.4, -0.2) is 11.8 Å². The third kappa shape index (κ3) is 4.90. The highest BCUT2D eigenvalue weighted by Gasteiger charge is 2.22. The maximum Gasteiger partial charge on any atom is 0.314 e. The van der Waals surface area contributed by atoms with E-state index in [-0.39, 0.29) is 17.7 Å². The normalized spacial score (nSPS) is 15.2. The van der Waals surface area contributed by atoms with Gasteiger partial charge in [-0.1, -0.05) is 55.7 Å². The number of allylic oxidation sites excluding steroid dienone is 1. The molecule has 0 heterocycles. The van der Waals surface area contributed by atoms with Gasteiger partial charge in [0.1, 0.15) is 5.75 Å². The lowest BCUT2D eigenvalue weighted by molar-refractivity contribution is -0.139. The Morgan fingerprint density at radius 2 is 1.56 bits per heavy atom. The van der Waals surface area contributed by atoms with Crippen LogP contribution in [0.3, 0.4) is 0 Å². The summed E-state index contributed by atoms with van der Waals surface area (Å²) in [6.07, 6.45) is 8.58. The number of carbonyl (C=O) groups is 2. The second kappa shape index (κ2) is 8.43. The Morgan fingerprint density at radius 1 is 0.880 bits per heavy atom. The van der Waals surface area contributed by atoms with Crippen molar-refractivity contribution in [1.82, 2.24) is 0 Å². The number of rotatable bonds is 5. The number of esters is 1. The maximum absolute atomic E-state index is 12.2. The molecule has 3 nitrogen and oxygen atoms in total. The third-order valence-electron chi connectivity index (χ3n) is 4.52. The van der Waals surface area contributed by atoms with Gasteiger partial charge in [0, 0.05) is 5.56 Å². The Balaban J connectivity index is 1.58. The van der Waals surface area contributed by atoms with Crippen LogP contribution in [0.1, 0.15) is 48.0 Å². The summed E-state index contributed by atoms with van der Waals surface area (Å²) < 4.78 is 5.45. The molecule has 0 saturated heterocycles. The molecular formula is C22H22O3. The van der Waals surface area contributed by atoms with Crippen molar-refractivity contribution in [1.29, 1.82) is 0 Å². The fourth-order valence-electron chi connectivity index (χ4n) is 3.06. The van der Waals surface area contributed by atoms with E-state index < -0.39 is 0 Å². The Morgan fingerprint density at radius 3 is 2.24 bits per heavy atom. The molecule has 3 heteroatoms. The molecular weight excluding hydrogens is 312 g/mol. The molecule has 2 aromatic carbocycles. The largest absolute Gasteiger partial charge is 0.426 e. The van der Waals surface area contributed by atoms with Crippen molar-refractivity contribution in [2.24, 2.45) is 5.92 Å². The summed E-state index contributed by atoms with van der Waals surface area (Å²) in [5, 5.41) is 0. The fourth-order valence-corrected chi connectivity index (χ4v) is 3.06. The SMILES string of the molecule is O=C(/C=C/c1ccccc1)c1ccc(OC(=O)C2CCCCC2)cc1. The molecule has 0 atom stereocenters. The average molecular weight is 334 g/mol. The van der Waals surface area contributed by atoms with E-state index in [0.29, 0.717) is 11.3 Å². The monoisotopic (exact) mass is 334 g/mol. The minimum atomic E-state index is -0.150. The van der Waals surface area contributed by atoms with Gasteiger partial charge in [-0.05, 0) is 48.7 Å². The van der Waals surface area contributed by atoms with Crippen molar-refractivity contribution in [3.63, 3.8) is 0 Å². The van der Waals surface area contributed by atoms with E-state index >= 15 is 0 Å². The number of ether oxygens (including phenoxy) is 1. The minimum absolute atomic E-state index is 0.0175. The van der Waals surface area contributed by atoms with Crippen LogP contribution in [0.5, 0.6) is 5.75 Å². The van der Waals surface area contributed by atoms with Crippen molar-refractivity contribution < 1.29 is 14.3 Å². The molecule has 0 unspecified atom stereocenters. The van der Waals surface area contributed by atoms with Gasteiger partial charge in [0.15, 0.2) is 5.78 Å². The zero-order valence-electron chi connectivity index (χ0n) is 14.2. The summed E-state index contributed by atoms with van der Waals surface area (Å²) >= 11 is 0. The first-order valence-corrected chi connectivity index (χ1v) is 8.81. The second-order valence-corrected chi connectivity index (χ2v) is 6.39. The van der Waals surface area contributed by atoms with E-state index in [0.717, 1.165) is 31.2 Å². The lowest BCUT2D eigenvalue weighted by atomic mass is 9.89. The maximum atomic E-state index is 12.2. The zero-order chi connectivity index (χ0) is 17.5. The van der Waals surface area contributed by atoms with Gasteiger partial charge in [-0.2, -0.15) is 0 Å². The molecule has 0 aliphatic heterocycles. The molecule has 0 spiro atoms. The van der Waals surface area contributed by atoms with Crippen molar-refractivity contribution in [2.45, 2.75) is 32.1 Å². The van der Waals surface area contributed by atoms with Gasteiger partial charge in [0.25, 0.3) is 0 Å². The quantitative estimate of drug-likeness (QED) is 0.332. The second-order valence-electron chi connectivity index (χ2n) is 6.39. The average Bonchev–Trinajstić information content (AvgIpc) is 2.68. The molecule has 0 aromatic heterocycles. The predicted octanol–water partition coefficient (Wildman–Crippen LogP) is 5.07. The molecule has 0 amide bonds. The predicted molar refractivity (Wildman–Crippen MR) is 98.5 cm³/mol. The number of carbonyl (C=O) groups excluding carboxylic acids is 2. The number of ketones is 1. The van der Waals surface area contributed by atoms with Crippen molar-refractivity contribution in [3.8, 4) is 5.75 Å². The third-order valence-corrected chi connectivity index (χ3v) is 4.52. The van der Waals surface area contributed by atoms with Crippen molar-refractivity contribution >= 4 is 17.8 Å². The van der Waals surface area contributed by atoms with Crippen LogP contribution >= 0.6 is 0 Å². The smallest absolute Gasteiger partial charge is 0.314 e. The topological polar surface area (TPSA) is 43.4 Å². The van der Waals surface area contributed by atoms with Crippen molar-refractivity contribution in [3.05, 3.63) is 71.8 Å². The molecule has 1 saturated carbocycles. The highest BCUT2D eigenvalue weighted by molar-refractivity contribution is 6.06. The van der Waals surface area contributed by atoms with E-state index in [1.165, 1.54) is 6.42 Å². The zero-order valence-corrected chi connectivity index (χ0v) is 14.2. The van der Waals surface area contributed by atoms with Gasteiger partial charge in [-0.3, -0.25) is 9.59 Å². The summed E-state index contributed by atoms with van der Waals surface area (Å²) in [4.78, 5) is 24.3. The Labute approximate surface area is 148 Å². The molecule has 1 fully saturated rings. The van der Waals surface area contributed by atoms with E-state index in [2.05, 4.69) is 0 Å². The molecule has 25 heavy (non-hydrogen) atoms. The van der Waals surface area contributed by atoms with Gasteiger partial charge in [-0.25, -0.2) is 0 Å². The van der Waals surface area contributed by atoms with Crippen LogP contribution in [0.15, 0.2) is 60.7 Å². The number of benzene rings is 2. The Bertz CT molecular complexity index is 739. The van der Waals surface area contributed by atoms with Gasteiger partial charge in [0.2, 0.25) is 0 Å². The summed E-state index contributed by atoms with van der Waals surface area (Å²) in [7, 11) is 0. The summed E-state index contributed by atoms with van der Waals surface area (Å²) in [5.41, 5.74) is 1.55. The lowest BCUT2D eigenvalue weighted by Gasteiger charge is -2.19. The molecule has 1 aliphatic carbocycles. The standard InChI is InChI=1S/C22H22O3/c23-21(16-11-17-7-3-1-4-8-17)18-12-14-20(15-13-18)25-22(24)19-9-5-2-6-10-19/h1,3-4,7-8,11-16,19H,2,5-6,9-10H2/b16-11+. The number of hydrogen-bond donors (Lipinski definition) is 0. The van der Waals surface area contributed by atoms with E-state index in [1.807, 2.05) is 30.3 Å². The number of hydrogen-bond acceptors (Lipinski definition) is 3. The molecule has 128 valence electrons.